The van der Waals surface area contributed by atoms with Crippen LogP contribution in [0, 0.1) is 17.8 Å². The van der Waals surface area contributed by atoms with Crippen molar-refractivity contribution in [2.24, 2.45) is 17.8 Å². The fourth-order valence-electron chi connectivity index (χ4n) is 3.23. The van der Waals surface area contributed by atoms with Crippen LogP contribution in [-0.2, 0) is 9.09 Å². The molecule has 0 radical (unpaired) electrons. The van der Waals surface area contributed by atoms with Crippen LogP contribution in [-0.4, -0.2) is 20.6 Å². The van der Waals surface area contributed by atoms with E-state index in [1.807, 2.05) is 36.2 Å². The Bertz CT molecular complexity index is 489. The van der Waals surface area contributed by atoms with Gasteiger partial charge >= 0.3 is 135 Å². The molecule has 1 aromatic carbocycles. The van der Waals surface area contributed by atoms with Crippen LogP contribution in [0.3, 0.4) is 0 Å². The number of hydrogen-bond donors (Lipinski definition) is 0. The van der Waals surface area contributed by atoms with Crippen LogP contribution >= 0.6 is 6.06 Å². The Morgan fingerprint density at radius 3 is 2.48 bits per heavy atom. The van der Waals surface area contributed by atoms with Crippen molar-refractivity contribution in [3.05, 3.63) is 30.3 Å². The van der Waals surface area contributed by atoms with Crippen molar-refractivity contribution < 1.29 is 9.09 Å². The summed E-state index contributed by atoms with van der Waals surface area (Å²) in [4.78, 5) is 0. The molecule has 2 rings (SSSR count). The summed E-state index contributed by atoms with van der Waals surface area (Å²) < 4.78 is 19.7. The topological polar surface area (TPSA) is 26.3 Å². The van der Waals surface area contributed by atoms with Gasteiger partial charge in [-0.05, 0) is 0 Å². The van der Waals surface area contributed by atoms with Crippen LogP contribution in [0.25, 0.3) is 0 Å². The van der Waals surface area contributed by atoms with Gasteiger partial charge in [-0.1, -0.05) is 0 Å². The molecule has 1 aliphatic rings. The third-order valence-electron chi connectivity index (χ3n) is 4.55. The van der Waals surface area contributed by atoms with Gasteiger partial charge in [-0.25, -0.2) is 0 Å². The Labute approximate surface area is 135 Å². The summed E-state index contributed by atoms with van der Waals surface area (Å²) in [6.45, 7) is 6.82. The van der Waals surface area contributed by atoms with Crippen molar-refractivity contribution in [2.45, 2.75) is 52.0 Å². The van der Waals surface area contributed by atoms with Gasteiger partial charge < -0.3 is 0 Å². The maximum atomic E-state index is 13.3. The van der Waals surface area contributed by atoms with Gasteiger partial charge in [-0.3, -0.25) is 0 Å². The van der Waals surface area contributed by atoms with Crippen LogP contribution in [0.2, 0.25) is 5.82 Å². The second kappa shape index (κ2) is 7.46. The Kier molecular flexibility index (Phi) is 6.14. The van der Waals surface area contributed by atoms with E-state index in [1.165, 1.54) is 12.8 Å². The first-order valence-electron chi connectivity index (χ1n) is 7.86. The third kappa shape index (κ3) is 4.23. The summed E-state index contributed by atoms with van der Waals surface area (Å²) in [5, 5.41) is 0.897. The standard InChI is InChI=1S/C17H27O2PSe/c1-13(2)16-11-10-14(3)12-17(16)19-20(18,21-4)15-8-6-5-7-9-15/h5-9,13-14,16-17H,10-12H2,1-4H3/t14-,16+,17-,20?/m1/s1. The van der Waals surface area contributed by atoms with E-state index in [-0.39, 0.29) is 20.6 Å². The van der Waals surface area contributed by atoms with Crippen LogP contribution in [0.5, 0.6) is 0 Å². The van der Waals surface area contributed by atoms with E-state index in [1.54, 1.807) is 0 Å². The average Bonchev–Trinajstić information content (AvgIpc) is 2.47. The summed E-state index contributed by atoms with van der Waals surface area (Å²) in [5.41, 5.74) is 0. The number of rotatable bonds is 5. The molecule has 4 atom stereocenters. The van der Waals surface area contributed by atoms with Crippen LogP contribution in [0.4, 0.5) is 0 Å². The van der Waals surface area contributed by atoms with E-state index < -0.39 is 6.06 Å². The summed E-state index contributed by atoms with van der Waals surface area (Å²) in [7, 11) is 0. The van der Waals surface area contributed by atoms with Crippen molar-refractivity contribution in [1.29, 1.82) is 0 Å². The Balaban J connectivity index is 2.21. The van der Waals surface area contributed by atoms with Crippen molar-refractivity contribution in [3.63, 3.8) is 0 Å². The predicted molar refractivity (Wildman–Crippen MR) is 91.5 cm³/mol. The number of hydrogen-bond acceptors (Lipinski definition) is 2. The fraction of sp³-hybridized carbons (Fsp3) is 0.647. The maximum absolute atomic E-state index is 13.3. The van der Waals surface area contributed by atoms with E-state index >= 15 is 0 Å². The van der Waals surface area contributed by atoms with Crippen molar-refractivity contribution in [2.75, 3.05) is 0 Å². The number of benzene rings is 1. The van der Waals surface area contributed by atoms with E-state index in [0.29, 0.717) is 17.8 Å². The molecule has 118 valence electrons. The van der Waals surface area contributed by atoms with Gasteiger partial charge in [0, 0.05) is 0 Å². The second-order valence-corrected chi connectivity index (χ2v) is 13.9. The molecule has 1 fully saturated rings. The Hall–Kier alpha value is -0.0705. The molecule has 21 heavy (non-hydrogen) atoms. The molecule has 4 heteroatoms. The molecule has 0 N–H and O–H groups in total. The molecule has 0 aromatic heterocycles. The zero-order valence-corrected chi connectivity index (χ0v) is 16.1. The Morgan fingerprint density at radius 2 is 1.90 bits per heavy atom. The summed E-state index contributed by atoms with van der Waals surface area (Å²) in [5.74, 6) is 3.85. The molecule has 1 saturated carbocycles. The van der Waals surface area contributed by atoms with Gasteiger partial charge in [0.25, 0.3) is 0 Å². The zero-order valence-electron chi connectivity index (χ0n) is 13.5. The van der Waals surface area contributed by atoms with Gasteiger partial charge in [-0.15, -0.1) is 0 Å². The van der Waals surface area contributed by atoms with Gasteiger partial charge in [0.1, 0.15) is 0 Å². The van der Waals surface area contributed by atoms with E-state index in [9.17, 15) is 4.57 Å². The molecule has 0 saturated heterocycles. The zero-order chi connectivity index (χ0) is 15.5. The summed E-state index contributed by atoms with van der Waals surface area (Å²) in [6.07, 6.45) is 3.68. The van der Waals surface area contributed by atoms with Gasteiger partial charge in [0.05, 0.1) is 0 Å². The van der Waals surface area contributed by atoms with E-state index in [2.05, 4.69) is 20.8 Å². The first-order valence-corrected chi connectivity index (χ1v) is 13.4. The minimum absolute atomic E-state index is 0.0173. The van der Waals surface area contributed by atoms with Crippen molar-refractivity contribution in [1.82, 2.24) is 0 Å². The third-order valence-corrected chi connectivity index (χ3v) is 11.4. The summed E-state index contributed by atoms with van der Waals surface area (Å²) >= 11 is -0.0173. The van der Waals surface area contributed by atoms with Gasteiger partial charge in [0.15, 0.2) is 0 Å². The molecular weight excluding hydrogens is 346 g/mol. The first-order chi connectivity index (χ1) is 9.96. The summed E-state index contributed by atoms with van der Waals surface area (Å²) in [6, 6.07) is 7.15. The quantitative estimate of drug-likeness (QED) is 0.551. The molecule has 1 aromatic rings. The van der Waals surface area contributed by atoms with Gasteiger partial charge in [0.2, 0.25) is 0 Å². The molecule has 2 nitrogen and oxygen atoms in total. The first kappa shape index (κ1) is 17.3. The molecule has 0 spiro atoms. The van der Waals surface area contributed by atoms with E-state index in [0.717, 1.165) is 11.7 Å². The SMILES string of the molecule is C[Se]P(=O)(O[C@@H]1C[C@H](C)CC[C@H]1C(C)C)c1ccccc1. The predicted octanol–water partition coefficient (Wildman–Crippen LogP) is 4.73. The van der Waals surface area contributed by atoms with Crippen LogP contribution in [0.15, 0.2) is 30.3 Å². The van der Waals surface area contributed by atoms with Crippen LogP contribution in [0.1, 0.15) is 40.0 Å². The molecule has 0 bridgehead atoms. The normalized spacial score (nSPS) is 29.3. The monoisotopic (exact) mass is 374 g/mol. The molecule has 1 unspecified atom stereocenters. The fourth-order valence-corrected chi connectivity index (χ4v) is 8.12. The van der Waals surface area contributed by atoms with Crippen LogP contribution < -0.4 is 5.30 Å². The molecule has 0 heterocycles. The van der Waals surface area contributed by atoms with Gasteiger partial charge in [-0.2, -0.15) is 0 Å². The van der Waals surface area contributed by atoms with Crippen molar-refractivity contribution >= 4 is 25.9 Å². The molecule has 0 aliphatic heterocycles. The molecule has 1 aliphatic carbocycles. The molecule has 0 amide bonds. The average molecular weight is 373 g/mol. The Morgan fingerprint density at radius 1 is 1.24 bits per heavy atom. The van der Waals surface area contributed by atoms with Crippen molar-refractivity contribution in [3.8, 4) is 0 Å². The molecular formula is C17H27O2PSe. The van der Waals surface area contributed by atoms with E-state index in [4.69, 9.17) is 4.52 Å². The minimum atomic E-state index is -2.66. The second-order valence-electron chi connectivity index (χ2n) is 6.49.